The van der Waals surface area contributed by atoms with Gasteiger partial charge in [-0.2, -0.15) is 0 Å². The van der Waals surface area contributed by atoms with Crippen molar-refractivity contribution in [3.63, 3.8) is 0 Å². The largest absolute Gasteiger partial charge is 0.443 e. The van der Waals surface area contributed by atoms with E-state index in [1.54, 1.807) is 11.8 Å². The summed E-state index contributed by atoms with van der Waals surface area (Å²) in [6, 6.07) is 5.72. The van der Waals surface area contributed by atoms with Gasteiger partial charge in [0.05, 0.1) is 11.8 Å². The lowest BCUT2D eigenvalue weighted by Gasteiger charge is -2.33. The predicted octanol–water partition coefficient (Wildman–Crippen LogP) is 3.43. The van der Waals surface area contributed by atoms with Crippen molar-refractivity contribution in [1.82, 2.24) is 0 Å². The van der Waals surface area contributed by atoms with Crippen molar-refractivity contribution in [2.45, 2.75) is 52.2 Å². The first-order valence-electron chi connectivity index (χ1n) is 7.10. The van der Waals surface area contributed by atoms with E-state index in [2.05, 4.69) is 0 Å². The number of amides is 1. The summed E-state index contributed by atoms with van der Waals surface area (Å²) < 4.78 is 5.46. The number of carbonyl (C=O) groups is 1. The molecule has 1 amide bonds. The van der Waals surface area contributed by atoms with Crippen molar-refractivity contribution in [2.75, 3.05) is 11.4 Å². The molecule has 4 nitrogen and oxygen atoms in total. The smallest absolute Gasteiger partial charge is 0.414 e. The second-order valence-electron chi connectivity index (χ2n) is 6.26. The van der Waals surface area contributed by atoms with Crippen LogP contribution in [0, 0.1) is 0 Å². The van der Waals surface area contributed by atoms with Gasteiger partial charge in [0.2, 0.25) is 0 Å². The summed E-state index contributed by atoms with van der Waals surface area (Å²) in [5.41, 5.74) is 2.32. The van der Waals surface area contributed by atoms with Crippen LogP contribution in [-0.2, 0) is 11.2 Å². The molecule has 0 spiro atoms. The molecule has 0 aromatic heterocycles. The maximum Gasteiger partial charge on any atom is 0.414 e. The number of benzene rings is 1. The van der Waals surface area contributed by atoms with Gasteiger partial charge in [-0.25, -0.2) is 4.79 Å². The van der Waals surface area contributed by atoms with E-state index in [0.717, 1.165) is 29.7 Å². The van der Waals surface area contributed by atoms with Gasteiger partial charge < -0.3 is 9.84 Å². The lowest BCUT2D eigenvalue weighted by atomic mass is 9.94. The van der Waals surface area contributed by atoms with Gasteiger partial charge in [0.25, 0.3) is 0 Å². The van der Waals surface area contributed by atoms with Gasteiger partial charge in [-0.1, -0.05) is 12.1 Å². The molecule has 1 aliphatic heterocycles. The molecule has 2 rings (SSSR count). The van der Waals surface area contributed by atoms with Crippen molar-refractivity contribution in [1.29, 1.82) is 0 Å². The molecule has 0 saturated heterocycles. The standard InChI is InChI=1S/C16H23NO3/c1-11(18)12-7-5-9-14-13(12)8-6-10-17(14)15(19)20-16(2,3)4/h5,7,9,11,18H,6,8,10H2,1-4H3/t11-/m1/s1. The minimum absolute atomic E-state index is 0.318. The number of nitrogens with zero attached hydrogens (tertiary/aromatic N) is 1. The number of aliphatic hydroxyl groups excluding tert-OH is 1. The summed E-state index contributed by atoms with van der Waals surface area (Å²) in [6.45, 7) is 8.00. The fourth-order valence-corrected chi connectivity index (χ4v) is 2.55. The van der Waals surface area contributed by atoms with Gasteiger partial charge in [-0.15, -0.1) is 0 Å². The summed E-state index contributed by atoms with van der Waals surface area (Å²) in [7, 11) is 0. The zero-order chi connectivity index (χ0) is 14.9. The Kier molecular flexibility index (Phi) is 4.04. The molecule has 1 atom stereocenters. The highest BCUT2D eigenvalue weighted by Crippen LogP contribution is 2.33. The Morgan fingerprint density at radius 3 is 2.70 bits per heavy atom. The van der Waals surface area contributed by atoms with E-state index in [9.17, 15) is 9.90 Å². The lowest BCUT2D eigenvalue weighted by Crippen LogP contribution is -2.40. The Bertz CT molecular complexity index is 503. The molecule has 1 heterocycles. The Labute approximate surface area is 120 Å². The second kappa shape index (κ2) is 5.44. The third-order valence-electron chi connectivity index (χ3n) is 3.35. The average Bonchev–Trinajstić information content (AvgIpc) is 2.35. The molecule has 4 heteroatoms. The molecular formula is C16H23NO3. The van der Waals surface area contributed by atoms with Crippen LogP contribution in [0.4, 0.5) is 10.5 Å². The topological polar surface area (TPSA) is 49.8 Å². The Morgan fingerprint density at radius 1 is 1.40 bits per heavy atom. The number of anilines is 1. The van der Waals surface area contributed by atoms with Crippen LogP contribution in [0.5, 0.6) is 0 Å². The molecule has 1 N–H and O–H groups in total. The minimum Gasteiger partial charge on any atom is -0.443 e. The molecule has 0 bridgehead atoms. The van der Waals surface area contributed by atoms with Crippen LogP contribution in [0.2, 0.25) is 0 Å². The normalized spacial score (nSPS) is 16.6. The van der Waals surface area contributed by atoms with Crippen LogP contribution in [0.3, 0.4) is 0 Å². The van der Waals surface area contributed by atoms with Gasteiger partial charge in [-0.05, 0) is 57.7 Å². The SMILES string of the molecule is C[C@@H](O)c1cccc2c1CCCN2C(=O)OC(C)(C)C. The van der Waals surface area contributed by atoms with E-state index in [-0.39, 0.29) is 6.09 Å². The van der Waals surface area contributed by atoms with Gasteiger partial charge in [0.15, 0.2) is 0 Å². The Morgan fingerprint density at radius 2 is 2.10 bits per heavy atom. The minimum atomic E-state index is -0.525. The number of rotatable bonds is 1. The zero-order valence-corrected chi connectivity index (χ0v) is 12.6. The lowest BCUT2D eigenvalue weighted by molar-refractivity contribution is 0.0577. The molecular weight excluding hydrogens is 254 g/mol. The molecule has 1 aromatic rings. The van der Waals surface area contributed by atoms with Crippen LogP contribution in [-0.4, -0.2) is 23.3 Å². The summed E-state index contributed by atoms with van der Waals surface area (Å²) in [4.78, 5) is 14.0. The number of aliphatic hydroxyl groups is 1. The third-order valence-corrected chi connectivity index (χ3v) is 3.35. The van der Waals surface area contributed by atoms with E-state index in [0.29, 0.717) is 6.54 Å². The van der Waals surface area contributed by atoms with Crippen molar-refractivity contribution in [3.05, 3.63) is 29.3 Å². The first-order chi connectivity index (χ1) is 9.29. The summed E-state index contributed by atoms with van der Waals surface area (Å²) in [5, 5.41) is 9.86. The van der Waals surface area contributed by atoms with Gasteiger partial charge in [0, 0.05) is 6.54 Å². The van der Waals surface area contributed by atoms with E-state index in [1.165, 1.54) is 0 Å². The van der Waals surface area contributed by atoms with Crippen molar-refractivity contribution in [2.24, 2.45) is 0 Å². The van der Waals surface area contributed by atoms with Crippen molar-refractivity contribution in [3.8, 4) is 0 Å². The summed E-state index contributed by atoms with van der Waals surface area (Å²) >= 11 is 0. The van der Waals surface area contributed by atoms with Crippen LogP contribution in [0.1, 0.15) is 51.3 Å². The second-order valence-corrected chi connectivity index (χ2v) is 6.26. The third kappa shape index (κ3) is 3.12. The van der Waals surface area contributed by atoms with E-state index in [1.807, 2.05) is 39.0 Å². The van der Waals surface area contributed by atoms with E-state index < -0.39 is 11.7 Å². The highest BCUT2D eigenvalue weighted by Gasteiger charge is 2.28. The van der Waals surface area contributed by atoms with Gasteiger partial charge in [-0.3, -0.25) is 4.90 Å². The fraction of sp³-hybridized carbons (Fsp3) is 0.562. The molecule has 0 saturated carbocycles. The monoisotopic (exact) mass is 277 g/mol. The zero-order valence-electron chi connectivity index (χ0n) is 12.6. The molecule has 110 valence electrons. The molecule has 20 heavy (non-hydrogen) atoms. The van der Waals surface area contributed by atoms with E-state index in [4.69, 9.17) is 4.74 Å². The Hall–Kier alpha value is -1.55. The van der Waals surface area contributed by atoms with Gasteiger partial charge in [0.1, 0.15) is 5.60 Å². The summed E-state index contributed by atoms with van der Waals surface area (Å²) in [5.74, 6) is 0. The maximum atomic E-state index is 12.3. The summed E-state index contributed by atoms with van der Waals surface area (Å²) in [6.07, 6.45) is 0.927. The molecule has 0 aliphatic carbocycles. The molecule has 0 fully saturated rings. The van der Waals surface area contributed by atoms with Crippen molar-refractivity contribution >= 4 is 11.8 Å². The van der Waals surface area contributed by atoms with Gasteiger partial charge >= 0.3 is 6.09 Å². The van der Waals surface area contributed by atoms with Crippen LogP contribution in [0.25, 0.3) is 0 Å². The van der Waals surface area contributed by atoms with Crippen LogP contribution < -0.4 is 4.90 Å². The van der Waals surface area contributed by atoms with Crippen LogP contribution in [0.15, 0.2) is 18.2 Å². The number of carbonyl (C=O) groups excluding carboxylic acids is 1. The molecule has 1 aromatic carbocycles. The maximum absolute atomic E-state index is 12.3. The first-order valence-corrected chi connectivity index (χ1v) is 7.10. The van der Waals surface area contributed by atoms with Crippen molar-refractivity contribution < 1.29 is 14.6 Å². The average molecular weight is 277 g/mol. The quantitative estimate of drug-likeness (QED) is 0.855. The number of hydrogen-bond acceptors (Lipinski definition) is 3. The highest BCUT2D eigenvalue weighted by atomic mass is 16.6. The number of ether oxygens (including phenoxy) is 1. The molecule has 0 radical (unpaired) electrons. The number of hydrogen-bond donors (Lipinski definition) is 1. The number of fused-ring (bicyclic) bond motifs is 1. The fourth-order valence-electron chi connectivity index (χ4n) is 2.55. The predicted molar refractivity (Wildman–Crippen MR) is 79.0 cm³/mol. The van der Waals surface area contributed by atoms with Crippen LogP contribution >= 0.6 is 0 Å². The molecule has 1 aliphatic rings. The first kappa shape index (κ1) is 14.9. The van der Waals surface area contributed by atoms with E-state index >= 15 is 0 Å². The highest BCUT2D eigenvalue weighted by molar-refractivity contribution is 5.89. The Balaban J connectivity index is 2.34. The molecule has 0 unspecified atom stereocenters.